The van der Waals surface area contributed by atoms with E-state index in [1.54, 1.807) is 0 Å². The average molecular weight is 172 g/mol. The van der Waals surface area contributed by atoms with Gasteiger partial charge in [0, 0.05) is 0 Å². The molecule has 2 heteroatoms. The van der Waals surface area contributed by atoms with E-state index < -0.39 is 19.8 Å². The van der Waals surface area contributed by atoms with Gasteiger partial charge in [0.2, 0.25) is 0 Å². The average Bonchev–Trinajstić information content (AvgIpc) is 0.811. The second kappa shape index (κ2) is 5.40. The monoisotopic (exact) mass is 173 g/mol. The molecule has 0 unspecified atom stereocenters. The molecule has 1 radical (unpaired) electrons. The van der Waals surface area contributed by atoms with Crippen LogP contribution in [0.1, 0.15) is 1.43 Å². The fraction of sp³-hybridized carbons (Fsp3) is 1.00. The largest absolute Gasteiger partial charge is 1.00 e. The Morgan fingerprint density at radius 3 is 1.20 bits per heavy atom. The van der Waals surface area contributed by atoms with Gasteiger partial charge in [-0.05, 0) is 0 Å². The van der Waals surface area contributed by atoms with E-state index in [1.807, 2.05) is 0 Å². The van der Waals surface area contributed by atoms with E-state index in [4.69, 9.17) is 0 Å². The molecule has 0 aromatic carbocycles. The molecule has 0 aliphatic rings. The van der Waals surface area contributed by atoms with Crippen LogP contribution in [0.25, 0.3) is 0 Å². The second-order valence-electron chi connectivity index (χ2n) is 1.50. The first-order valence-electron chi connectivity index (χ1n) is 1.50. The summed E-state index contributed by atoms with van der Waals surface area (Å²) >= 11 is -0.543. The molecule has 0 N–H and O–H groups in total. The summed E-state index contributed by atoms with van der Waals surface area (Å²) in [4.78, 5) is 7.09. The maximum atomic E-state index is 2.36. The molecule has 5 heavy (non-hydrogen) atoms. The third kappa shape index (κ3) is 31.9. The van der Waals surface area contributed by atoms with Gasteiger partial charge in [0.25, 0.3) is 0 Å². The molecule has 0 fully saturated rings. The molecule has 0 saturated carbocycles. The van der Waals surface area contributed by atoms with Crippen LogP contribution >= 0.6 is 0 Å². The molecule has 0 bridgehead atoms. The Morgan fingerprint density at radius 1 is 1.20 bits per heavy atom. The van der Waals surface area contributed by atoms with Crippen LogP contribution in [0.5, 0.6) is 0 Å². The van der Waals surface area contributed by atoms with E-state index in [0.717, 1.165) is 0 Å². The molecule has 0 aromatic rings. The first-order valence-corrected chi connectivity index (χ1v) is 10.1. The fourth-order valence-electron chi connectivity index (χ4n) is 0. The fourth-order valence-corrected chi connectivity index (χ4v) is 0. The Kier molecular flexibility index (Phi) is 10.4. The summed E-state index contributed by atoms with van der Waals surface area (Å²) in [5.41, 5.74) is 0. The van der Waals surface area contributed by atoms with Crippen LogP contribution in [-0.4, -0.2) is 19.8 Å². The smallest absolute Gasteiger partial charge is 1.00 e. The molecule has 0 saturated heterocycles. The van der Waals surface area contributed by atoms with Gasteiger partial charge >= 0.3 is 53.4 Å². The van der Waals surface area contributed by atoms with Crippen LogP contribution < -0.4 is 18.9 Å². The maximum absolute atomic E-state index is 2.36. The summed E-state index contributed by atoms with van der Waals surface area (Å²) in [6, 6.07) is 0. The molecule has 0 aliphatic carbocycles. The molecule has 0 nitrogen and oxygen atoms in total. The maximum Gasteiger partial charge on any atom is 1.00 e. The van der Waals surface area contributed by atoms with Crippen molar-refractivity contribution >= 4 is 19.8 Å². The van der Waals surface area contributed by atoms with E-state index in [-0.39, 0.29) is 20.3 Å². The molecule has 0 spiro atoms. The van der Waals surface area contributed by atoms with Crippen LogP contribution in [0.3, 0.4) is 0 Å². The van der Waals surface area contributed by atoms with E-state index in [9.17, 15) is 0 Å². The van der Waals surface area contributed by atoms with Crippen molar-refractivity contribution in [2.24, 2.45) is 0 Å². The number of hydrogen-bond donors (Lipinski definition) is 0. The Labute approximate surface area is 54.7 Å². The Balaban J connectivity index is -0.0000000450. The molecule has 0 aliphatic heterocycles. The van der Waals surface area contributed by atoms with Gasteiger partial charge in [-0.15, -0.1) is 0 Å². The summed E-state index contributed by atoms with van der Waals surface area (Å²) in [5, 5.41) is 0. The summed E-state index contributed by atoms with van der Waals surface area (Å²) in [7, 11) is 0. The van der Waals surface area contributed by atoms with Crippen LogP contribution in [0, 0.1) is 0 Å². The van der Waals surface area contributed by atoms with E-state index >= 15 is 0 Å². The van der Waals surface area contributed by atoms with Crippen LogP contribution in [0.15, 0.2) is 0 Å². The van der Waals surface area contributed by atoms with E-state index in [1.165, 1.54) is 0 Å². The van der Waals surface area contributed by atoms with Gasteiger partial charge in [-0.25, -0.2) is 0 Å². The summed E-state index contributed by atoms with van der Waals surface area (Å²) in [6.07, 6.45) is 0. The molecular formula is C3H10LiSn. The Morgan fingerprint density at radius 2 is 1.20 bits per heavy atom. The zero-order valence-electron chi connectivity index (χ0n) is 5.50. The molecule has 0 atom stereocenters. The number of hydrogen-bond acceptors (Lipinski definition) is 0. The first kappa shape index (κ1) is 9.64. The zero-order valence-corrected chi connectivity index (χ0v) is 7.35. The minimum absolute atomic E-state index is 0. The predicted octanol–water partition coefficient (Wildman–Crippen LogP) is -1.51. The van der Waals surface area contributed by atoms with Crippen molar-refractivity contribution in [1.82, 2.24) is 0 Å². The predicted molar refractivity (Wildman–Crippen MR) is 24.5 cm³/mol. The molecule has 0 rings (SSSR count). The third-order valence-electron chi connectivity index (χ3n) is 0. The topological polar surface area (TPSA) is 0 Å². The quantitative estimate of drug-likeness (QED) is 0.389. The number of rotatable bonds is 0. The van der Waals surface area contributed by atoms with Gasteiger partial charge in [0.05, 0.1) is 0 Å². The van der Waals surface area contributed by atoms with Gasteiger partial charge in [-0.1, -0.05) is 0 Å². The van der Waals surface area contributed by atoms with Crippen LogP contribution in [0.4, 0.5) is 0 Å². The van der Waals surface area contributed by atoms with Crippen LogP contribution in [0.2, 0.25) is 14.8 Å². The Bertz CT molecular complexity index is 15.5. The van der Waals surface area contributed by atoms with E-state index in [2.05, 4.69) is 14.8 Å². The molecule has 0 aromatic heterocycles. The van der Waals surface area contributed by atoms with Gasteiger partial charge in [0.1, 0.15) is 0 Å². The molecule has 0 heterocycles. The zero-order chi connectivity index (χ0) is 3.58. The van der Waals surface area contributed by atoms with Crippen molar-refractivity contribution in [1.29, 1.82) is 0 Å². The SMILES string of the molecule is [CH3][Sn]([CH3])[CH3].[H-].[Li+]. The van der Waals surface area contributed by atoms with Crippen molar-refractivity contribution in [3.63, 3.8) is 0 Å². The van der Waals surface area contributed by atoms with Gasteiger partial charge in [-0.2, -0.15) is 0 Å². The molecular weight excluding hydrogens is 162 g/mol. The van der Waals surface area contributed by atoms with Crippen LogP contribution in [-0.2, 0) is 0 Å². The second-order valence-corrected chi connectivity index (χ2v) is 10.1. The van der Waals surface area contributed by atoms with Crippen molar-refractivity contribution in [2.45, 2.75) is 14.8 Å². The van der Waals surface area contributed by atoms with Gasteiger partial charge in [0.15, 0.2) is 0 Å². The van der Waals surface area contributed by atoms with Crippen molar-refractivity contribution in [3.05, 3.63) is 0 Å². The van der Waals surface area contributed by atoms with Crippen molar-refractivity contribution in [3.8, 4) is 0 Å². The minimum atomic E-state index is -0.543. The molecule has 0 amide bonds. The summed E-state index contributed by atoms with van der Waals surface area (Å²) in [6.45, 7) is 0. The summed E-state index contributed by atoms with van der Waals surface area (Å²) in [5.74, 6) is 0. The molecule has 27 valence electrons. The van der Waals surface area contributed by atoms with Crippen molar-refractivity contribution in [2.75, 3.05) is 0 Å². The Hall–Kier alpha value is 1.40. The normalized spacial score (nSPS) is 7.20. The standard InChI is InChI=1S/3CH3.Li.Sn.H/h3*1H3;;;/q;;;+1;;-1. The van der Waals surface area contributed by atoms with E-state index in [0.29, 0.717) is 0 Å². The van der Waals surface area contributed by atoms with Crippen molar-refractivity contribution < 1.29 is 20.3 Å². The first-order chi connectivity index (χ1) is 1.73. The van der Waals surface area contributed by atoms with Gasteiger partial charge < -0.3 is 1.43 Å². The summed E-state index contributed by atoms with van der Waals surface area (Å²) < 4.78 is 0. The van der Waals surface area contributed by atoms with Gasteiger partial charge in [-0.3, -0.25) is 0 Å². The third-order valence-corrected chi connectivity index (χ3v) is 0. The minimum Gasteiger partial charge on any atom is -1.00 e.